The van der Waals surface area contributed by atoms with Gasteiger partial charge in [0.2, 0.25) is 0 Å². The van der Waals surface area contributed by atoms with E-state index in [1.165, 1.54) is 5.01 Å². The molecule has 0 atom stereocenters. The monoisotopic (exact) mass is 341 g/mol. The van der Waals surface area contributed by atoms with Crippen LogP contribution in [-0.4, -0.2) is 42.4 Å². The van der Waals surface area contributed by atoms with E-state index >= 15 is 0 Å². The zero-order valence-corrected chi connectivity index (χ0v) is 14.2. The van der Waals surface area contributed by atoms with Gasteiger partial charge >= 0.3 is 5.97 Å². The van der Waals surface area contributed by atoms with Crippen molar-refractivity contribution in [1.29, 1.82) is 5.26 Å². The molecular formula is C18H19N3O4. The molecular weight excluding hydrogens is 322 g/mol. The molecule has 25 heavy (non-hydrogen) atoms. The van der Waals surface area contributed by atoms with Crippen LogP contribution in [0.3, 0.4) is 0 Å². The van der Waals surface area contributed by atoms with Gasteiger partial charge in [0.1, 0.15) is 5.75 Å². The number of rotatable bonds is 7. The fourth-order valence-electron chi connectivity index (χ4n) is 2.27. The summed E-state index contributed by atoms with van der Waals surface area (Å²) in [5, 5.41) is 14.1. The zero-order valence-electron chi connectivity index (χ0n) is 14.2. The largest absolute Gasteiger partial charge is 0.481 e. The molecule has 7 nitrogen and oxygen atoms in total. The van der Waals surface area contributed by atoms with Crippen LogP contribution in [0.2, 0.25) is 0 Å². The van der Waals surface area contributed by atoms with Gasteiger partial charge in [0, 0.05) is 5.56 Å². The molecule has 1 aliphatic heterocycles. The molecule has 0 aromatic heterocycles. The SMILES string of the molecule is CCOC(=O)COc1ccccc1/C=C1/C(=O)N(CCC#N)N=C1C. The van der Waals surface area contributed by atoms with Crippen molar-refractivity contribution >= 4 is 23.7 Å². The normalized spacial score (nSPS) is 15.1. The molecule has 0 saturated carbocycles. The van der Waals surface area contributed by atoms with Crippen LogP contribution in [0.1, 0.15) is 25.8 Å². The van der Waals surface area contributed by atoms with E-state index in [9.17, 15) is 9.59 Å². The molecule has 2 rings (SSSR count). The van der Waals surface area contributed by atoms with Crippen LogP contribution in [0.4, 0.5) is 0 Å². The van der Waals surface area contributed by atoms with Crippen LogP contribution < -0.4 is 4.74 Å². The van der Waals surface area contributed by atoms with Gasteiger partial charge in [-0.1, -0.05) is 18.2 Å². The smallest absolute Gasteiger partial charge is 0.344 e. The molecule has 130 valence electrons. The summed E-state index contributed by atoms with van der Waals surface area (Å²) < 4.78 is 10.3. The van der Waals surface area contributed by atoms with Gasteiger partial charge in [0.25, 0.3) is 5.91 Å². The van der Waals surface area contributed by atoms with E-state index in [-0.39, 0.29) is 32.1 Å². The van der Waals surface area contributed by atoms with Crippen molar-refractivity contribution in [3.05, 3.63) is 35.4 Å². The maximum atomic E-state index is 12.4. The summed E-state index contributed by atoms with van der Waals surface area (Å²) >= 11 is 0. The molecule has 1 heterocycles. The minimum Gasteiger partial charge on any atom is -0.481 e. The number of para-hydroxylation sites is 1. The molecule has 0 N–H and O–H groups in total. The fourth-order valence-corrected chi connectivity index (χ4v) is 2.27. The number of amides is 1. The number of ether oxygens (including phenoxy) is 2. The number of carbonyl (C=O) groups is 2. The third kappa shape index (κ3) is 4.67. The van der Waals surface area contributed by atoms with Crippen LogP contribution in [0, 0.1) is 11.3 Å². The fraction of sp³-hybridized carbons (Fsp3) is 0.333. The summed E-state index contributed by atoms with van der Waals surface area (Å²) in [4.78, 5) is 23.9. The Balaban J connectivity index is 2.18. The van der Waals surface area contributed by atoms with E-state index in [4.69, 9.17) is 14.7 Å². The molecule has 1 amide bonds. The van der Waals surface area contributed by atoms with E-state index in [1.807, 2.05) is 12.1 Å². The van der Waals surface area contributed by atoms with E-state index in [0.717, 1.165) is 0 Å². The number of hydrazone groups is 1. The second kappa shape index (κ2) is 8.64. The van der Waals surface area contributed by atoms with Gasteiger partial charge in [0.15, 0.2) is 6.61 Å². The third-order valence-corrected chi connectivity index (χ3v) is 3.43. The Kier molecular flexibility index (Phi) is 6.29. The third-order valence-electron chi connectivity index (χ3n) is 3.43. The predicted octanol–water partition coefficient (Wildman–Crippen LogP) is 2.14. The van der Waals surface area contributed by atoms with Crippen molar-refractivity contribution in [2.75, 3.05) is 19.8 Å². The number of nitrogens with zero attached hydrogens (tertiary/aromatic N) is 3. The summed E-state index contributed by atoms with van der Waals surface area (Å²) in [7, 11) is 0. The van der Waals surface area contributed by atoms with Crippen LogP contribution in [0.25, 0.3) is 6.08 Å². The highest BCUT2D eigenvalue weighted by molar-refractivity contribution is 6.26. The standard InChI is InChI=1S/C18H19N3O4/c1-3-24-17(22)12-25-16-8-5-4-7-14(16)11-15-13(2)20-21(18(15)23)10-6-9-19/h4-5,7-8,11H,3,6,10,12H2,1-2H3/b15-11+. The van der Waals surface area contributed by atoms with Crippen molar-refractivity contribution < 1.29 is 19.1 Å². The van der Waals surface area contributed by atoms with E-state index in [2.05, 4.69) is 5.10 Å². The number of hydrogen-bond donors (Lipinski definition) is 0. The Morgan fingerprint density at radius 2 is 2.16 bits per heavy atom. The van der Waals surface area contributed by atoms with Crippen molar-refractivity contribution in [1.82, 2.24) is 5.01 Å². The first kappa shape index (κ1) is 18.2. The number of benzene rings is 1. The zero-order chi connectivity index (χ0) is 18.2. The average molecular weight is 341 g/mol. The van der Waals surface area contributed by atoms with Crippen molar-refractivity contribution in [2.45, 2.75) is 20.3 Å². The van der Waals surface area contributed by atoms with Gasteiger partial charge in [-0.05, 0) is 26.0 Å². The molecule has 1 aliphatic rings. The summed E-state index contributed by atoms with van der Waals surface area (Å²) in [5.41, 5.74) is 1.67. The summed E-state index contributed by atoms with van der Waals surface area (Å²) in [5.74, 6) is -0.241. The van der Waals surface area contributed by atoms with Crippen molar-refractivity contribution in [3.8, 4) is 11.8 Å². The lowest BCUT2D eigenvalue weighted by Gasteiger charge is -2.10. The summed E-state index contributed by atoms with van der Waals surface area (Å²) in [6, 6.07) is 9.08. The quantitative estimate of drug-likeness (QED) is 0.560. The van der Waals surface area contributed by atoms with Crippen LogP contribution >= 0.6 is 0 Å². The Bertz CT molecular complexity index is 762. The lowest BCUT2D eigenvalue weighted by Crippen LogP contribution is -2.23. The van der Waals surface area contributed by atoms with E-state index in [1.54, 1.807) is 38.1 Å². The molecule has 0 aliphatic carbocycles. The first-order valence-electron chi connectivity index (χ1n) is 7.90. The molecule has 1 aromatic carbocycles. The Morgan fingerprint density at radius 3 is 2.88 bits per heavy atom. The van der Waals surface area contributed by atoms with Gasteiger partial charge in [-0.3, -0.25) is 4.79 Å². The molecule has 0 bridgehead atoms. The van der Waals surface area contributed by atoms with Gasteiger partial charge in [-0.15, -0.1) is 0 Å². The molecule has 7 heteroatoms. The molecule has 0 radical (unpaired) electrons. The lowest BCUT2D eigenvalue weighted by molar-refractivity contribution is -0.145. The molecule has 1 aromatic rings. The minimum atomic E-state index is -0.456. The van der Waals surface area contributed by atoms with Crippen molar-refractivity contribution in [2.24, 2.45) is 5.10 Å². The van der Waals surface area contributed by atoms with E-state index < -0.39 is 5.97 Å². The minimum absolute atomic E-state index is 0.205. The van der Waals surface area contributed by atoms with Crippen molar-refractivity contribution in [3.63, 3.8) is 0 Å². The first-order valence-corrected chi connectivity index (χ1v) is 7.90. The maximum Gasteiger partial charge on any atom is 0.344 e. The number of esters is 1. The van der Waals surface area contributed by atoms with Gasteiger partial charge in [-0.2, -0.15) is 10.4 Å². The first-order chi connectivity index (χ1) is 12.1. The van der Waals surface area contributed by atoms with E-state index in [0.29, 0.717) is 22.6 Å². The predicted molar refractivity (Wildman–Crippen MR) is 91.6 cm³/mol. The molecule has 0 fully saturated rings. The van der Waals surface area contributed by atoms with Crippen LogP contribution in [0.5, 0.6) is 5.75 Å². The number of nitriles is 1. The van der Waals surface area contributed by atoms with Crippen LogP contribution in [-0.2, 0) is 14.3 Å². The number of carbonyl (C=O) groups excluding carboxylic acids is 2. The highest BCUT2D eigenvalue weighted by Crippen LogP contribution is 2.24. The molecule has 0 spiro atoms. The Hall–Kier alpha value is -3.14. The number of hydrogen-bond acceptors (Lipinski definition) is 6. The topological polar surface area (TPSA) is 92.0 Å². The molecule has 0 saturated heterocycles. The average Bonchev–Trinajstić information content (AvgIpc) is 2.87. The van der Waals surface area contributed by atoms with Gasteiger partial charge < -0.3 is 9.47 Å². The summed E-state index contributed by atoms with van der Waals surface area (Å²) in [6.45, 7) is 3.80. The lowest BCUT2D eigenvalue weighted by atomic mass is 10.1. The highest BCUT2D eigenvalue weighted by Gasteiger charge is 2.27. The highest BCUT2D eigenvalue weighted by atomic mass is 16.6. The van der Waals surface area contributed by atoms with Crippen LogP contribution in [0.15, 0.2) is 34.9 Å². The Morgan fingerprint density at radius 1 is 1.40 bits per heavy atom. The summed E-state index contributed by atoms with van der Waals surface area (Å²) in [6.07, 6.45) is 1.89. The molecule has 0 unspecified atom stereocenters. The Labute approximate surface area is 146 Å². The van der Waals surface area contributed by atoms with Gasteiger partial charge in [-0.25, -0.2) is 9.80 Å². The van der Waals surface area contributed by atoms with Gasteiger partial charge in [0.05, 0.1) is 36.9 Å². The second-order valence-electron chi connectivity index (χ2n) is 5.21. The second-order valence-corrected chi connectivity index (χ2v) is 5.21. The maximum absolute atomic E-state index is 12.4.